The van der Waals surface area contributed by atoms with Gasteiger partial charge in [-0.2, -0.15) is 15.0 Å². The first-order chi connectivity index (χ1) is 9.22. The molecule has 0 unspecified atom stereocenters. The van der Waals surface area contributed by atoms with Crippen LogP contribution in [0.3, 0.4) is 0 Å². The molecule has 2 aromatic carbocycles. The standard InChI is InChI=1S/C14H11N3O2/c18-14(19)11-7-5-10(6-8-11)9-17-15-12-3-1-2-4-13(12)16-17/h1-8H,9H2,(H,18,19). The third kappa shape index (κ3) is 2.30. The third-order valence-corrected chi connectivity index (χ3v) is 2.85. The highest BCUT2D eigenvalue weighted by Crippen LogP contribution is 2.10. The van der Waals surface area contributed by atoms with Gasteiger partial charge in [0.15, 0.2) is 0 Å². The number of rotatable bonds is 3. The fourth-order valence-electron chi connectivity index (χ4n) is 1.89. The molecule has 94 valence electrons. The van der Waals surface area contributed by atoms with Crippen LogP contribution in [0.1, 0.15) is 15.9 Å². The van der Waals surface area contributed by atoms with Crippen LogP contribution < -0.4 is 0 Å². The van der Waals surface area contributed by atoms with Crippen LogP contribution in [0, 0.1) is 0 Å². The Hall–Kier alpha value is -2.69. The number of hydrogen-bond donors (Lipinski definition) is 1. The van der Waals surface area contributed by atoms with Crippen LogP contribution in [0.5, 0.6) is 0 Å². The van der Waals surface area contributed by atoms with Crippen LogP contribution in [-0.2, 0) is 6.54 Å². The van der Waals surface area contributed by atoms with Crippen LogP contribution in [-0.4, -0.2) is 26.1 Å². The van der Waals surface area contributed by atoms with Crippen molar-refractivity contribution in [1.29, 1.82) is 0 Å². The second-order valence-corrected chi connectivity index (χ2v) is 4.22. The van der Waals surface area contributed by atoms with Gasteiger partial charge in [0.25, 0.3) is 0 Å². The highest BCUT2D eigenvalue weighted by Gasteiger charge is 2.04. The quantitative estimate of drug-likeness (QED) is 0.776. The van der Waals surface area contributed by atoms with E-state index in [9.17, 15) is 4.79 Å². The molecule has 0 spiro atoms. The summed E-state index contributed by atoms with van der Waals surface area (Å²) in [7, 11) is 0. The second-order valence-electron chi connectivity index (χ2n) is 4.22. The van der Waals surface area contributed by atoms with Gasteiger partial charge in [0.1, 0.15) is 11.0 Å². The number of carbonyl (C=O) groups is 1. The smallest absolute Gasteiger partial charge is 0.335 e. The lowest BCUT2D eigenvalue weighted by atomic mass is 10.1. The Morgan fingerprint density at radius 3 is 2.11 bits per heavy atom. The highest BCUT2D eigenvalue weighted by atomic mass is 16.4. The third-order valence-electron chi connectivity index (χ3n) is 2.85. The molecule has 5 nitrogen and oxygen atoms in total. The Kier molecular flexibility index (Phi) is 2.72. The van der Waals surface area contributed by atoms with E-state index < -0.39 is 5.97 Å². The molecule has 5 heteroatoms. The van der Waals surface area contributed by atoms with Crippen molar-refractivity contribution in [1.82, 2.24) is 15.0 Å². The summed E-state index contributed by atoms with van der Waals surface area (Å²) < 4.78 is 0. The molecule has 0 aliphatic rings. The van der Waals surface area contributed by atoms with Crippen molar-refractivity contribution in [2.24, 2.45) is 0 Å². The van der Waals surface area contributed by atoms with Crippen LogP contribution in [0.25, 0.3) is 11.0 Å². The largest absolute Gasteiger partial charge is 0.478 e. The summed E-state index contributed by atoms with van der Waals surface area (Å²) >= 11 is 0. The van der Waals surface area contributed by atoms with E-state index in [-0.39, 0.29) is 5.56 Å². The number of nitrogens with zero attached hydrogens (tertiary/aromatic N) is 3. The van der Waals surface area contributed by atoms with Gasteiger partial charge in [-0.25, -0.2) is 4.79 Å². The molecule has 3 rings (SSSR count). The first kappa shape index (κ1) is 11.4. The molecule has 0 amide bonds. The SMILES string of the molecule is O=C(O)c1ccc(Cn2nc3ccccc3n2)cc1. The lowest BCUT2D eigenvalue weighted by Crippen LogP contribution is -2.04. The average Bonchev–Trinajstić information content (AvgIpc) is 2.81. The molecule has 0 saturated heterocycles. The Balaban J connectivity index is 1.86. The van der Waals surface area contributed by atoms with Crippen molar-refractivity contribution in [3.63, 3.8) is 0 Å². The summed E-state index contributed by atoms with van der Waals surface area (Å²) in [6.45, 7) is 0.522. The summed E-state index contributed by atoms with van der Waals surface area (Å²) in [5.41, 5.74) is 2.95. The van der Waals surface area contributed by atoms with Gasteiger partial charge in [0.05, 0.1) is 12.1 Å². The number of benzene rings is 2. The van der Waals surface area contributed by atoms with Gasteiger partial charge in [0.2, 0.25) is 0 Å². The maximum absolute atomic E-state index is 10.8. The average molecular weight is 253 g/mol. The van der Waals surface area contributed by atoms with Gasteiger partial charge in [-0.1, -0.05) is 24.3 Å². The van der Waals surface area contributed by atoms with Gasteiger partial charge in [0, 0.05) is 0 Å². The van der Waals surface area contributed by atoms with Crippen LogP contribution >= 0.6 is 0 Å². The number of carboxylic acids is 1. The molecule has 1 N–H and O–H groups in total. The maximum atomic E-state index is 10.8. The van der Waals surface area contributed by atoms with Gasteiger partial charge in [-0.3, -0.25) is 0 Å². The van der Waals surface area contributed by atoms with Gasteiger partial charge >= 0.3 is 5.97 Å². The van der Waals surface area contributed by atoms with Crippen molar-refractivity contribution in [2.45, 2.75) is 6.54 Å². The van der Waals surface area contributed by atoms with E-state index in [1.807, 2.05) is 24.3 Å². The fraction of sp³-hybridized carbons (Fsp3) is 0.0714. The van der Waals surface area contributed by atoms with Crippen LogP contribution in [0.2, 0.25) is 0 Å². The Labute approximate surface area is 109 Å². The second kappa shape index (κ2) is 4.53. The minimum Gasteiger partial charge on any atom is -0.478 e. The zero-order chi connectivity index (χ0) is 13.2. The molecule has 1 heterocycles. The molecule has 0 aliphatic carbocycles. The van der Waals surface area contributed by atoms with Gasteiger partial charge < -0.3 is 5.11 Å². The number of aromatic carboxylic acids is 1. The minimum atomic E-state index is -0.922. The first-order valence-corrected chi connectivity index (χ1v) is 5.84. The summed E-state index contributed by atoms with van der Waals surface area (Å²) in [5, 5.41) is 17.5. The molecule has 1 aromatic heterocycles. The lowest BCUT2D eigenvalue weighted by molar-refractivity contribution is 0.0697. The molecule has 0 fully saturated rings. The molecule has 0 atom stereocenters. The van der Waals surface area contributed by atoms with E-state index in [4.69, 9.17) is 5.11 Å². The number of aromatic nitrogens is 3. The van der Waals surface area contributed by atoms with Crippen molar-refractivity contribution in [3.8, 4) is 0 Å². The Bertz CT molecular complexity index is 699. The van der Waals surface area contributed by atoms with E-state index >= 15 is 0 Å². The van der Waals surface area contributed by atoms with Gasteiger partial charge in [-0.05, 0) is 29.8 Å². The van der Waals surface area contributed by atoms with Crippen LogP contribution in [0.4, 0.5) is 0 Å². The van der Waals surface area contributed by atoms with E-state index in [0.29, 0.717) is 6.54 Å². The predicted molar refractivity (Wildman–Crippen MR) is 70.0 cm³/mol. The molecule has 0 saturated carbocycles. The molecular weight excluding hydrogens is 242 g/mol. The number of fused-ring (bicyclic) bond motifs is 1. The van der Waals surface area contributed by atoms with Gasteiger partial charge in [-0.15, -0.1) is 0 Å². The Morgan fingerprint density at radius 1 is 1.00 bits per heavy atom. The Morgan fingerprint density at radius 2 is 1.58 bits per heavy atom. The number of carboxylic acid groups (broad SMARTS) is 1. The normalized spacial score (nSPS) is 10.7. The molecule has 19 heavy (non-hydrogen) atoms. The van der Waals surface area contributed by atoms with E-state index in [0.717, 1.165) is 16.6 Å². The van der Waals surface area contributed by atoms with Crippen molar-refractivity contribution in [3.05, 3.63) is 59.7 Å². The van der Waals surface area contributed by atoms with E-state index in [1.165, 1.54) is 0 Å². The predicted octanol–water partition coefficient (Wildman–Crippen LogP) is 2.18. The minimum absolute atomic E-state index is 0.280. The molecule has 0 bridgehead atoms. The highest BCUT2D eigenvalue weighted by molar-refractivity contribution is 5.87. The molecule has 0 aliphatic heterocycles. The summed E-state index contributed by atoms with van der Waals surface area (Å²) in [5.74, 6) is -0.922. The molecular formula is C14H11N3O2. The zero-order valence-corrected chi connectivity index (χ0v) is 10.0. The van der Waals surface area contributed by atoms with Crippen molar-refractivity contribution in [2.75, 3.05) is 0 Å². The van der Waals surface area contributed by atoms with E-state index in [1.54, 1.807) is 29.1 Å². The summed E-state index contributed by atoms with van der Waals surface area (Å²) in [6, 6.07) is 14.4. The summed E-state index contributed by atoms with van der Waals surface area (Å²) in [4.78, 5) is 12.4. The first-order valence-electron chi connectivity index (χ1n) is 5.84. The van der Waals surface area contributed by atoms with Crippen LogP contribution in [0.15, 0.2) is 48.5 Å². The lowest BCUT2D eigenvalue weighted by Gasteiger charge is -2.00. The topological polar surface area (TPSA) is 68.0 Å². The zero-order valence-electron chi connectivity index (χ0n) is 10.0. The van der Waals surface area contributed by atoms with Crippen molar-refractivity contribution < 1.29 is 9.90 Å². The van der Waals surface area contributed by atoms with E-state index in [2.05, 4.69) is 10.2 Å². The maximum Gasteiger partial charge on any atom is 0.335 e. The molecule has 3 aromatic rings. The number of hydrogen-bond acceptors (Lipinski definition) is 3. The monoisotopic (exact) mass is 253 g/mol. The summed E-state index contributed by atoms with van der Waals surface area (Å²) in [6.07, 6.45) is 0. The molecule has 0 radical (unpaired) electrons. The van der Waals surface area contributed by atoms with Crippen molar-refractivity contribution >= 4 is 17.0 Å². The fourth-order valence-corrected chi connectivity index (χ4v) is 1.89.